The van der Waals surface area contributed by atoms with Crippen LogP contribution in [0.2, 0.25) is 0 Å². The number of H-pyrrole nitrogens is 2. The molecular weight excluding hydrogens is 140 g/mol. The highest BCUT2D eigenvalue weighted by Crippen LogP contribution is 1.76. The summed E-state index contributed by atoms with van der Waals surface area (Å²) < 4.78 is 0. The number of rotatable bonds is 0. The van der Waals surface area contributed by atoms with Gasteiger partial charge in [0.25, 0.3) is 0 Å². The molecule has 0 spiro atoms. The molecule has 4 heteroatoms. The summed E-state index contributed by atoms with van der Waals surface area (Å²) in [6, 6.07) is 1.79. The molecule has 1 aromatic rings. The molecule has 1 aromatic heterocycles. The van der Waals surface area contributed by atoms with E-state index in [1.807, 2.05) is 6.92 Å². The molecule has 1 heterocycles. The van der Waals surface area contributed by atoms with Gasteiger partial charge in [-0.1, -0.05) is 0 Å². The Morgan fingerprint density at radius 2 is 2.33 bits per heavy atom. The van der Waals surface area contributed by atoms with E-state index in [1.54, 1.807) is 12.3 Å². The van der Waals surface area contributed by atoms with Crippen LogP contribution in [-0.4, -0.2) is 4.98 Å². The van der Waals surface area contributed by atoms with Crippen LogP contribution in [0.25, 0.3) is 0 Å². The van der Waals surface area contributed by atoms with Crippen molar-refractivity contribution in [2.45, 2.75) is 6.92 Å². The molecule has 9 heavy (non-hydrogen) atoms. The van der Waals surface area contributed by atoms with E-state index in [0.717, 1.165) is 5.69 Å². The maximum atomic E-state index is 10.4. The van der Waals surface area contributed by atoms with Crippen LogP contribution < -0.4 is 23.1 Å². The Hall–Kier alpha value is -0.830. The van der Waals surface area contributed by atoms with Crippen LogP contribution in [0.1, 0.15) is 5.69 Å². The van der Waals surface area contributed by atoms with Gasteiger partial charge in [0.05, 0.1) is 6.20 Å². The second-order valence-corrected chi connectivity index (χ2v) is 1.61. The van der Waals surface area contributed by atoms with Crippen molar-refractivity contribution >= 4 is 0 Å². The minimum atomic E-state index is -0.162. The first kappa shape index (κ1) is 8.17. The van der Waals surface area contributed by atoms with Crippen molar-refractivity contribution in [3.05, 3.63) is 28.4 Å². The largest absolute Gasteiger partial charge is 1.00 e. The van der Waals surface area contributed by atoms with Gasteiger partial charge in [-0.3, -0.25) is 0 Å². The third-order valence-corrected chi connectivity index (χ3v) is 0.858. The lowest BCUT2D eigenvalue weighted by molar-refractivity contribution is -0.402. The molecule has 0 amide bonds. The van der Waals surface area contributed by atoms with E-state index in [1.165, 1.54) is 0 Å². The number of aromatic nitrogens is 2. The zero-order valence-electron chi connectivity index (χ0n) is 4.94. The van der Waals surface area contributed by atoms with Crippen LogP contribution in [-0.2, 0) is 0 Å². The van der Waals surface area contributed by atoms with Crippen LogP contribution in [0.4, 0.5) is 0 Å². The molecule has 3 nitrogen and oxygen atoms in total. The fraction of sp³-hybridized carbons (Fsp3) is 0.200. The molecule has 0 aliphatic heterocycles. The fourth-order valence-corrected chi connectivity index (χ4v) is 0.499. The highest BCUT2D eigenvalue weighted by molar-refractivity contribution is 4.89. The zero-order valence-corrected chi connectivity index (χ0v) is 5.70. The molecule has 2 N–H and O–H groups in total. The minimum absolute atomic E-state index is 0. The Balaban J connectivity index is 0.000000640. The van der Waals surface area contributed by atoms with Crippen molar-refractivity contribution in [1.82, 2.24) is 4.98 Å². The number of nitrogens with one attached hydrogen (secondary N) is 2. The number of hydrogen-bond acceptors (Lipinski definition) is 1. The van der Waals surface area contributed by atoms with Crippen LogP contribution in [0.3, 0.4) is 0 Å². The summed E-state index contributed by atoms with van der Waals surface area (Å²) in [6.07, 6.45) is 1.61. The summed E-state index contributed by atoms with van der Waals surface area (Å²) in [5.41, 5.74) is 0.707. The van der Waals surface area contributed by atoms with Gasteiger partial charge in [-0.05, 0) is 6.92 Å². The first-order valence-corrected chi connectivity index (χ1v) is 2.36. The third-order valence-electron chi connectivity index (χ3n) is 0.858. The third kappa shape index (κ3) is 2.28. The quantitative estimate of drug-likeness (QED) is 0.406. The van der Waals surface area contributed by atoms with E-state index < -0.39 is 0 Å². The highest BCUT2D eigenvalue weighted by Gasteiger charge is 1.88. The van der Waals surface area contributed by atoms with Gasteiger partial charge < -0.3 is 12.4 Å². The minimum Gasteiger partial charge on any atom is -1.00 e. The fourth-order valence-electron chi connectivity index (χ4n) is 0.499. The molecule has 0 aliphatic carbocycles. The van der Waals surface area contributed by atoms with Crippen molar-refractivity contribution < 1.29 is 17.4 Å². The van der Waals surface area contributed by atoms with Gasteiger partial charge in [-0.15, -0.1) is 0 Å². The molecule has 0 radical (unpaired) electrons. The van der Waals surface area contributed by atoms with Gasteiger partial charge in [-0.25, -0.2) is 9.97 Å². The Labute approximate surface area is 58.6 Å². The van der Waals surface area contributed by atoms with Gasteiger partial charge in [0.1, 0.15) is 5.69 Å². The first-order chi connectivity index (χ1) is 3.79. The summed E-state index contributed by atoms with van der Waals surface area (Å²) in [6.45, 7) is 1.83. The van der Waals surface area contributed by atoms with Crippen LogP contribution in [0, 0.1) is 6.92 Å². The number of aryl methyl sites for hydroxylation is 1. The summed E-state index contributed by atoms with van der Waals surface area (Å²) in [5, 5.41) is 0. The Morgan fingerprint density at radius 1 is 1.67 bits per heavy atom. The number of halogens is 1. The molecule has 1 rings (SSSR count). The molecule has 0 saturated carbocycles. The maximum absolute atomic E-state index is 10.4. The average molecular weight is 147 g/mol. The second-order valence-electron chi connectivity index (χ2n) is 1.61. The van der Waals surface area contributed by atoms with Gasteiger partial charge in [-0.2, -0.15) is 4.79 Å². The van der Waals surface area contributed by atoms with E-state index >= 15 is 0 Å². The standard InChI is InChI=1S/C5H6N2O.ClH/c1-4-2-3-6-5(8)7-4;/h2-3H,1H3,(H,6,7,8);1H. The van der Waals surface area contributed by atoms with Crippen molar-refractivity contribution in [3.63, 3.8) is 0 Å². The lowest BCUT2D eigenvalue weighted by Gasteiger charge is -1.76. The van der Waals surface area contributed by atoms with Crippen molar-refractivity contribution in [2.24, 2.45) is 0 Å². The van der Waals surface area contributed by atoms with Crippen molar-refractivity contribution in [1.29, 1.82) is 0 Å². The molecule has 0 aromatic carbocycles. The molecule has 0 atom stereocenters. The van der Waals surface area contributed by atoms with E-state index in [9.17, 15) is 4.79 Å². The lowest BCUT2D eigenvalue weighted by Crippen LogP contribution is -3.00. The van der Waals surface area contributed by atoms with Gasteiger partial charge >= 0.3 is 5.69 Å². The lowest BCUT2D eigenvalue weighted by atomic mass is 10.5. The summed E-state index contributed by atoms with van der Waals surface area (Å²) >= 11 is 0. The highest BCUT2D eigenvalue weighted by atomic mass is 35.5. The topological polar surface area (TPSA) is 47.0 Å². The predicted octanol–water partition coefficient (Wildman–Crippen LogP) is -3.50. The van der Waals surface area contributed by atoms with E-state index in [0.29, 0.717) is 0 Å². The normalized spacial score (nSPS) is 8.11. The molecule has 0 aliphatic rings. The van der Waals surface area contributed by atoms with Crippen LogP contribution >= 0.6 is 0 Å². The van der Waals surface area contributed by atoms with Crippen molar-refractivity contribution in [3.8, 4) is 0 Å². The summed E-state index contributed by atoms with van der Waals surface area (Å²) in [5.74, 6) is 0. The Morgan fingerprint density at radius 3 is 2.67 bits per heavy atom. The Kier molecular flexibility index (Phi) is 2.95. The summed E-state index contributed by atoms with van der Waals surface area (Å²) in [4.78, 5) is 15.4. The second kappa shape index (κ2) is 3.25. The number of hydrogen-bond donors (Lipinski definition) is 1. The zero-order chi connectivity index (χ0) is 5.98. The molecule has 0 fully saturated rings. The molecular formula is C5H7ClN2O. The summed E-state index contributed by atoms with van der Waals surface area (Å²) in [7, 11) is 0. The van der Waals surface area contributed by atoms with Crippen molar-refractivity contribution in [2.75, 3.05) is 0 Å². The molecule has 0 bridgehead atoms. The smallest absolute Gasteiger partial charge is 0.493 e. The van der Waals surface area contributed by atoms with Crippen LogP contribution in [0.15, 0.2) is 17.1 Å². The molecule has 50 valence electrons. The van der Waals surface area contributed by atoms with E-state index in [-0.39, 0.29) is 18.1 Å². The molecule has 0 saturated heterocycles. The first-order valence-electron chi connectivity index (χ1n) is 2.36. The predicted molar refractivity (Wildman–Crippen MR) is 28.4 cm³/mol. The van der Waals surface area contributed by atoms with Crippen LogP contribution in [0.5, 0.6) is 0 Å². The monoisotopic (exact) mass is 146 g/mol. The SMILES string of the molecule is Cc1cc[nH+]c(=O)[nH]1.[Cl-]. The van der Waals surface area contributed by atoms with Gasteiger partial charge in [0.15, 0.2) is 0 Å². The van der Waals surface area contributed by atoms with E-state index in [2.05, 4.69) is 9.97 Å². The maximum Gasteiger partial charge on any atom is 0.493 e. The van der Waals surface area contributed by atoms with E-state index in [4.69, 9.17) is 0 Å². The van der Waals surface area contributed by atoms with Gasteiger partial charge in [0.2, 0.25) is 0 Å². The Bertz CT molecular complexity index is 232. The molecule has 0 unspecified atom stereocenters. The van der Waals surface area contributed by atoms with Gasteiger partial charge in [0, 0.05) is 6.07 Å². The average Bonchev–Trinajstić information content (AvgIpc) is 1.64. The number of aromatic amines is 2.